The molecular formula is C19H18ClN3O2. The molecule has 0 saturated carbocycles. The van der Waals surface area contributed by atoms with Gasteiger partial charge < -0.3 is 10.2 Å². The van der Waals surface area contributed by atoms with Crippen LogP contribution in [0.25, 0.3) is 0 Å². The van der Waals surface area contributed by atoms with Crippen molar-refractivity contribution >= 4 is 40.5 Å². The number of benzene rings is 2. The van der Waals surface area contributed by atoms with Crippen LogP contribution in [0.5, 0.6) is 0 Å². The van der Waals surface area contributed by atoms with E-state index in [2.05, 4.69) is 10.3 Å². The number of carbonyl (C=O) groups is 2. The first-order valence-electron chi connectivity index (χ1n) is 7.84. The van der Waals surface area contributed by atoms with Crippen LogP contribution < -0.4 is 5.32 Å². The molecule has 0 radical (unpaired) electrons. The molecule has 1 aliphatic heterocycles. The predicted octanol–water partition coefficient (Wildman–Crippen LogP) is 3.87. The van der Waals surface area contributed by atoms with Gasteiger partial charge in [0.25, 0.3) is 5.91 Å². The van der Waals surface area contributed by atoms with Crippen molar-refractivity contribution < 1.29 is 9.59 Å². The Morgan fingerprint density at radius 3 is 2.48 bits per heavy atom. The molecule has 0 spiro atoms. The standard InChI is InChI=1S/C19H18ClN3O2/c1-11(21-14-7-5-13(20)6-8-14)17-15-10-12(19(25)23(2)3)4-9-16(15)22-18(17)24/h4-10,17H,1-3H3,(H,22,24). The van der Waals surface area contributed by atoms with Crippen molar-refractivity contribution in [1.29, 1.82) is 0 Å². The fraction of sp³-hybridized carbons (Fsp3) is 0.211. The van der Waals surface area contributed by atoms with Crippen LogP contribution in [-0.4, -0.2) is 36.5 Å². The SMILES string of the molecule is CC(=Nc1ccc(Cl)cc1)C1C(=O)Nc2ccc(C(=O)N(C)C)cc21. The number of fused-ring (bicyclic) bond motifs is 1. The highest BCUT2D eigenvalue weighted by atomic mass is 35.5. The maximum atomic E-state index is 12.4. The van der Waals surface area contributed by atoms with Crippen molar-refractivity contribution in [3.63, 3.8) is 0 Å². The van der Waals surface area contributed by atoms with E-state index in [1.165, 1.54) is 4.90 Å². The monoisotopic (exact) mass is 355 g/mol. The average molecular weight is 356 g/mol. The topological polar surface area (TPSA) is 61.8 Å². The maximum Gasteiger partial charge on any atom is 0.253 e. The Bertz CT molecular complexity index is 873. The summed E-state index contributed by atoms with van der Waals surface area (Å²) >= 11 is 5.89. The van der Waals surface area contributed by atoms with Gasteiger partial charge >= 0.3 is 0 Å². The van der Waals surface area contributed by atoms with Gasteiger partial charge in [0.15, 0.2) is 0 Å². The van der Waals surface area contributed by atoms with Crippen molar-refractivity contribution in [2.75, 3.05) is 19.4 Å². The Hall–Kier alpha value is -2.66. The zero-order chi connectivity index (χ0) is 18.1. The number of halogens is 1. The number of nitrogens with one attached hydrogen (secondary N) is 1. The third-order valence-corrected chi connectivity index (χ3v) is 4.34. The second-order valence-corrected chi connectivity index (χ2v) is 6.59. The van der Waals surface area contributed by atoms with E-state index in [-0.39, 0.29) is 11.8 Å². The van der Waals surface area contributed by atoms with E-state index in [1.54, 1.807) is 56.6 Å². The molecule has 0 fully saturated rings. The van der Waals surface area contributed by atoms with Crippen LogP contribution in [0.2, 0.25) is 5.02 Å². The van der Waals surface area contributed by atoms with Crippen LogP contribution in [0.1, 0.15) is 28.8 Å². The number of aliphatic imine (C=N–C) groups is 1. The highest BCUT2D eigenvalue weighted by Gasteiger charge is 2.33. The number of nitrogens with zero attached hydrogens (tertiary/aromatic N) is 2. The van der Waals surface area contributed by atoms with E-state index in [4.69, 9.17) is 11.6 Å². The highest BCUT2D eigenvalue weighted by Crippen LogP contribution is 2.35. The van der Waals surface area contributed by atoms with Crippen molar-refractivity contribution in [2.24, 2.45) is 4.99 Å². The predicted molar refractivity (Wildman–Crippen MR) is 100 cm³/mol. The normalized spacial score (nSPS) is 16.4. The van der Waals surface area contributed by atoms with E-state index < -0.39 is 5.92 Å². The van der Waals surface area contributed by atoms with Crippen molar-refractivity contribution in [1.82, 2.24) is 4.90 Å². The van der Waals surface area contributed by atoms with E-state index >= 15 is 0 Å². The molecule has 128 valence electrons. The molecule has 3 rings (SSSR count). The van der Waals surface area contributed by atoms with Gasteiger partial charge in [0, 0.05) is 36.1 Å². The van der Waals surface area contributed by atoms with Gasteiger partial charge in [-0.2, -0.15) is 0 Å². The molecule has 1 atom stereocenters. The molecule has 1 heterocycles. The van der Waals surface area contributed by atoms with Gasteiger partial charge in [0.2, 0.25) is 5.91 Å². The number of amides is 2. The lowest BCUT2D eigenvalue weighted by molar-refractivity contribution is -0.115. The second kappa shape index (κ2) is 6.69. The zero-order valence-corrected chi connectivity index (χ0v) is 15.0. The number of anilines is 1. The molecule has 25 heavy (non-hydrogen) atoms. The summed E-state index contributed by atoms with van der Waals surface area (Å²) in [6.07, 6.45) is 0. The van der Waals surface area contributed by atoms with Crippen molar-refractivity contribution in [2.45, 2.75) is 12.8 Å². The molecule has 1 unspecified atom stereocenters. The second-order valence-electron chi connectivity index (χ2n) is 6.15. The first-order chi connectivity index (χ1) is 11.9. The summed E-state index contributed by atoms with van der Waals surface area (Å²) in [5.41, 5.74) is 3.42. The van der Waals surface area contributed by atoms with Crippen molar-refractivity contribution in [3.05, 3.63) is 58.6 Å². The highest BCUT2D eigenvalue weighted by molar-refractivity contribution is 6.30. The average Bonchev–Trinajstić information content (AvgIpc) is 2.91. The molecule has 0 aromatic heterocycles. The third-order valence-electron chi connectivity index (χ3n) is 4.09. The molecule has 0 bridgehead atoms. The number of carbonyl (C=O) groups excluding carboxylic acids is 2. The lowest BCUT2D eigenvalue weighted by atomic mass is 9.94. The molecule has 0 saturated heterocycles. The minimum atomic E-state index is -0.513. The number of hydrogen-bond donors (Lipinski definition) is 1. The fourth-order valence-corrected chi connectivity index (χ4v) is 2.98. The summed E-state index contributed by atoms with van der Waals surface area (Å²) in [6, 6.07) is 12.3. The Morgan fingerprint density at radius 1 is 1.16 bits per heavy atom. The molecule has 0 aliphatic carbocycles. The largest absolute Gasteiger partial charge is 0.345 e. The van der Waals surface area contributed by atoms with Gasteiger partial charge in [-0.1, -0.05) is 11.6 Å². The number of rotatable bonds is 3. The zero-order valence-electron chi connectivity index (χ0n) is 14.2. The van der Waals surface area contributed by atoms with Gasteiger partial charge in [-0.05, 0) is 55.0 Å². The lowest BCUT2D eigenvalue weighted by Gasteiger charge is -2.13. The summed E-state index contributed by atoms with van der Waals surface area (Å²) in [7, 11) is 3.40. The summed E-state index contributed by atoms with van der Waals surface area (Å²) in [6.45, 7) is 1.81. The molecule has 1 N–H and O–H groups in total. The minimum Gasteiger partial charge on any atom is -0.345 e. The summed E-state index contributed by atoms with van der Waals surface area (Å²) < 4.78 is 0. The van der Waals surface area contributed by atoms with Crippen LogP contribution in [0.4, 0.5) is 11.4 Å². The quantitative estimate of drug-likeness (QED) is 0.849. The van der Waals surface area contributed by atoms with Crippen LogP contribution in [0.3, 0.4) is 0 Å². The van der Waals surface area contributed by atoms with Gasteiger partial charge in [-0.25, -0.2) is 0 Å². The minimum absolute atomic E-state index is 0.104. The van der Waals surface area contributed by atoms with E-state index in [0.29, 0.717) is 16.3 Å². The third kappa shape index (κ3) is 3.42. The van der Waals surface area contributed by atoms with E-state index in [1.807, 2.05) is 6.92 Å². The first-order valence-corrected chi connectivity index (χ1v) is 8.22. The Morgan fingerprint density at radius 2 is 1.84 bits per heavy atom. The number of hydrogen-bond acceptors (Lipinski definition) is 3. The smallest absolute Gasteiger partial charge is 0.253 e. The maximum absolute atomic E-state index is 12.4. The Kier molecular flexibility index (Phi) is 4.59. The van der Waals surface area contributed by atoms with Crippen LogP contribution in [0, 0.1) is 0 Å². The van der Waals surface area contributed by atoms with Gasteiger partial charge in [0.1, 0.15) is 5.92 Å². The van der Waals surface area contributed by atoms with Crippen LogP contribution >= 0.6 is 11.6 Å². The molecule has 5 nitrogen and oxygen atoms in total. The molecule has 2 amide bonds. The summed E-state index contributed by atoms with van der Waals surface area (Å²) in [5.74, 6) is -0.756. The van der Waals surface area contributed by atoms with E-state index in [0.717, 1.165) is 16.9 Å². The van der Waals surface area contributed by atoms with Gasteiger partial charge in [-0.3, -0.25) is 14.6 Å². The Balaban J connectivity index is 1.98. The molecule has 1 aliphatic rings. The van der Waals surface area contributed by atoms with Gasteiger partial charge in [-0.15, -0.1) is 0 Å². The van der Waals surface area contributed by atoms with Crippen LogP contribution in [-0.2, 0) is 4.79 Å². The Labute approximate surface area is 151 Å². The fourth-order valence-electron chi connectivity index (χ4n) is 2.85. The summed E-state index contributed by atoms with van der Waals surface area (Å²) in [5, 5.41) is 3.48. The molecule has 2 aromatic carbocycles. The van der Waals surface area contributed by atoms with Gasteiger partial charge in [0.05, 0.1) is 5.69 Å². The van der Waals surface area contributed by atoms with Crippen molar-refractivity contribution in [3.8, 4) is 0 Å². The molecule has 6 heteroatoms. The van der Waals surface area contributed by atoms with E-state index in [9.17, 15) is 9.59 Å². The molecular weight excluding hydrogens is 338 g/mol. The first kappa shape index (κ1) is 17.2. The summed E-state index contributed by atoms with van der Waals surface area (Å²) in [4.78, 5) is 30.7. The van der Waals surface area contributed by atoms with Crippen LogP contribution in [0.15, 0.2) is 47.5 Å². The molecule has 2 aromatic rings. The lowest BCUT2D eigenvalue weighted by Crippen LogP contribution is -2.22.